The van der Waals surface area contributed by atoms with Crippen LogP contribution >= 0.6 is 12.6 Å². The van der Waals surface area contributed by atoms with E-state index in [9.17, 15) is 0 Å². The molecule has 0 heterocycles. The second-order valence-electron chi connectivity index (χ2n) is 5.89. The van der Waals surface area contributed by atoms with E-state index in [-0.39, 0.29) is 0 Å². The van der Waals surface area contributed by atoms with Crippen molar-refractivity contribution in [3.8, 4) is 0 Å². The first kappa shape index (κ1) is 15.0. The standard InChI is InChI=1S/C13H24OSSi2/c1-14-17(4,5)11-10-16(2,3)13-8-6-12(15)7-9-13/h6-9,15H,10-11H2,1-5H3. The van der Waals surface area contributed by atoms with Gasteiger partial charge in [0.25, 0.3) is 0 Å². The summed E-state index contributed by atoms with van der Waals surface area (Å²) in [6.07, 6.45) is 0. The molecule has 0 saturated heterocycles. The van der Waals surface area contributed by atoms with Gasteiger partial charge in [-0.1, -0.05) is 36.5 Å². The molecule has 1 rings (SSSR count). The van der Waals surface area contributed by atoms with Crippen LogP contribution in [0, 0.1) is 0 Å². The molecule has 0 aromatic heterocycles. The van der Waals surface area contributed by atoms with E-state index >= 15 is 0 Å². The zero-order valence-corrected chi connectivity index (χ0v) is 14.5. The van der Waals surface area contributed by atoms with Crippen LogP contribution in [-0.2, 0) is 4.43 Å². The summed E-state index contributed by atoms with van der Waals surface area (Å²) in [7, 11) is -0.861. The number of hydrogen-bond donors (Lipinski definition) is 1. The van der Waals surface area contributed by atoms with Crippen molar-refractivity contribution < 1.29 is 4.43 Å². The quantitative estimate of drug-likeness (QED) is 0.640. The Morgan fingerprint density at radius 2 is 1.53 bits per heavy atom. The van der Waals surface area contributed by atoms with Gasteiger partial charge in [0.2, 0.25) is 0 Å². The molecule has 0 N–H and O–H groups in total. The second-order valence-corrected chi connectivity index (χ2v) is 15.7. The zero-order valence-electron chi connectivity index (χ0n) is 11.6. The Kier molecular flexibility index (Phi) is 5.07. The van der Waals surface area contributed by atoms with E-state index in [0.717, 1.165) is 4.90 Å². The molecule has 0 bridgehead atoms. The molecule has 0 atom stereocenters. The van der Waals surface area contributed by atoms with Gasteiger partial charge < -0.3 is 4.43 Å². The Balaban J connectivity index is 2.71. The third kappa shape index (κ3) is 4.62. The van der Waals surface area contributed by atoms with Gasteiger partial charge >= 0.3 is 0 Å². The van der Waals surface area contributed by atoms with Gasteiger partial charge in [-0.3, -0.25) is 0 Å². The lowest BCUT2D eigenvalue weighted by Gasteiger charge is -2.28. The molecular formula is C13H24OSSi2. The van der Waals surface area contributed by atoms with Crippen LogP contribution in [0.1, 0.15) is 0 Å². The van der Waals surface area contributed by atoms with Crippen molar-refractivity contribution in [3.63, 3.8) is 0 Å². The third-order valence-corrected chi connectivity index (χ3v) is 10.3. The predicted octanol–water partition coefficient (Wildman–Crippen LogP) is 3.74. The van der Waals surface area contributed by atoms with Gasteiger partial charge in [0.05, 0.1) is 8.07 Å². The lowest BCUT2D eigenvalue weighted by Crippen LogP contribution is -2.43. The summed E-state index contributed by atoms with van der Waals surface area (Å²) >= 11 is 4.34. The Labute approximate surface area is 113 Å². The summed E-state index contributed by atoms with van der Waals surface area (Å²) in [5, 5.41) is 1.52. The molecule has 0 saturated carbocycles. The van der Waals surface area contributed by atoms with Crippen LogP contribution < -0.4 is 5.19 Å². The number of hydrogen-bond acceptors (Lipinski definition) is 2. The predicted molar refractivity (Wildman–Crippen MR) is 84.9 cm³/mol. The van der Waals surface area contributed by atoms with E-state index < -0.39 is 16.4 Å². The number of rotatable bonds is 5. The Morgan fingerprint density at radius 1 is 1.00 bits per heavy atom. The minimum Gasteiger partial charge on any atom is -0.420 e. The van der Waals surface area contributed by atoms with Gasteiger partial charge in [-0.2, -0.15) is 0 Å². The van der Waals surface area contributed by atoms with Crippen LogP contribution in [-0.4, -0.2) is 23.5 Å². The summed E-state index contributed by atoms with van der Waals surface area (Å²) in [4.78, 5) is 1.05. The summed E-state index contributed by atoms with van der Waals surface area (Å²) in [6, 6.07) is 11.3. The van der Waals surface area contributed by atoms with Crippen LogP contribution in [0.2, 0.25) is 38.3 Å². The third-order valence-electron chi connectivity index (χ3n) is 3.55. The maximum absolute atomic E-state index is 5.64. The van der Waals surface area contributed by atoms with Gasteiger partial charge in [0, 0.05) is 12.0 Å². The fourth-order valence-corrected chi connectivity index (χ4v) is 8.39. The monoisotopic (exact) mass is 284 g/mol. The van der Waals surface area contributed by atoms with Crippen molar-refractivity contribution in [2.45, 2.75) is 43.2 Å². The highest BCUT2D eigenvalue weighted by atomic mass is 32.1. The van der Waals surface area contributed by atoms with Crippen molar-refractivity contribution in [1.82, 2.24) is 0 Å². The van der Waals surface area contributed by atoms with Crippen LogP contribution in [0.15, 0.2) is 29.2 Å². The normalized spacial score (nSPS) is 12.8. The van der Waals surface area contributed by atoms with Gasteiger partial charge in [-0.15, -0.1) is 12.6 Å². The average molecular weight is 285 g/mol. The van der Waals surface area contributed by atoms with Crippen LogP contribution in [0.5, 0.6) is 0 Å². The molecule has 1 aromatic carbocycles. The second kappa shape index (κ2) is 5.74. The first-order chi connectivity index (χ1) is 7.77. The van der Waals surface area contributed by atoms with Crippen molar-refractivity contribution in [3.05, 3.63) is 24.3 Å². The first-order valence-corrected chi connectivity index (χ1v) is 12.9. The maximum atomic E-state index is 5.64. The molecule has 4 heteroatoms. The molecule has 0 unspecified atom stereocenters. The minimum atomic E-state index is -1.41. The summed E-state index contributed by atoms with van der Waals surface area (Å²) < 4.78 is 5.64. The van der Waals surface area contributed by atoms with Gasteiger partial charge in [0.15, 0.2) is 8.32 Å². The van der Waals surface area contributed by atoms with E-state index in [4.69, 9.17) is 4.43 Å². The van der Waals surface area contributed by atoms with Gasteiger partial charge in [-0.05, 0) is 31.3 Å². The summed E-state index contributed by atoms with van der Waals surface area (Å²) in [6.45, 7) is 9.49. The van der Waals surface area contributed by atoms with E-state index in [0.29, 0.717) is 0 Å². The topological polar surface area (TPSA) is 9.23 Å². The van der Waals surface area contributed by atoms with E-state index in [1.807, 2.05) is 7.11 Å². The number of thiol groups is 1. The lowest BCUT2D eigenvalue weighted by atomic mass is 10.4. The Bertz CT molecular complexity index is 360. The zero-order chi connectivity index (χ0) is 13.1. The highest BCUT2D eigenvalue weighted by molar-refractivity contribution is 7.80. The molecular weight excluding hydrogens is 260 g/mol. The van der Waals surface area contributed by atoms with Crippen molar-refractivity contribution >= 4 is 34.2 Å². The fraction of sp³-hybridized carbons (Fsp3) is 0.538. The number of benzene rings is 1. The molecule has 1 aromatic rings. The fourth-order valence-electron chi connectivity index (χ4n) is 1.77. The summed E-state index contributed by atoms with van der Waals surface area (Å²) in [5.74, 6) is 0. The molecule has 96 valence electrons. The SMILES string of the molecule is CO[Si](C)(C)CC[Si](C)(C)c1ccc(S)cc1. The molecule has 0 aliphatic heterocycles. The molecule has 0 amide bonds. The highest BCUT2D eigenvalue weighted by Crippen LogP contribution is 2.21. The smallest absolute Gasteiger partial charge is 0.185 e. The van der Waals surface area contributed by atoms with Crippen molar-refractivity contribution in [2.24, 2.45) is 0 Å². The van der Waals surface area contributed by atoms with Crippen LogP contribution in [0.25, 0.3) is 0 Å². The summed E-state index contributed by atoms with van der Waals surface area (Å²) in [5.41, 5.74) is 0. The Hall–Kier alpha value is -0.0362. The molecule has 0 aliphatic carbocycles. The highest BCUT2D eigenvalue weighted by Gasteiger charge is 2.28. The lowest BCUT2D eigenvalue weighted by molar-refractivity contribution is 0.405. The van der Waals surface area contributed by atoms with E-state index in [1.165, 1.54) is 17.3 Å². The van der Waals surface area contributed by atoms with E-state index in [2.05, 4.69) is 63.1 Å². The van der Waals surface area contributed by atoms with Crippen molar-refractivity contribution in [1.29, 1.82) is 0 Å². The molecule has 0 radical (unpaired) electrons. The molecule has 0 aliphatic rings. The van der Waals surface area contributed by atoms with Gasteiger partial charge in [0.1, 0.15) is 0 Å². The minimum absolute atomic E-state index is 1.05. The first-order valence-electron chi connectivity index (χ1n) is 6.11. The van der Waals surface area contributed by atoms with Gasteiger partial charge in [-0.25, -0.2) is 0 Å². The van der Waals surface area contributed by atoms with Crippen LogP contribution in [0.3, 0.4) is 0 Å². The molecule has 1 nitrogen and oxygen atoms in total. The molecule has 0 spiro atoms. The maximum Gasteiger partial charge on any atom is 0.185 e. The molecule has 0 fully saturated rings. The van der Waals surface area contributed by atoms with Crippen LogP contribution in [0.4, 0.5) is 0 Å². The van der Waals surface area contributed by atoms with E-state index in [1.54, 1.807) is 0 Å². The average Bonchev–Trinajstić information content (AvgIpc) is 2.27. The van der Waals surface area contributed by atoms with Crippen molar-refractivity contribution in [2.75, 3.05) is 7.11 Å². The molecule has 17 heavy (non-hydrogen) atoms. The largest absolute Gasteiger partial charge is 0.420 e. The Morgan fingerprint density at radius 3 is 2.00 bits per heavy atom.